The van der Waals surface area contributed by atoms with Gasteiger partial charge in [-0.3, -0.25) is 14.3 Å². The minimum Gasteiger partial charge on any atom is -0.358 e. The fourth-order valence-electron chi connectivity index (χ4n) is 4.78. The van der Waals surface area contributed by atoms with E-state index in [-0.39, 0.29) is 6.61 Å². The molecule has 1 aromatic heterocycles. The van der Waals surface area contributed by atoms with Crippen molar-refractivity contribution in [2.24, 2.45) is 0 Å². The molecule has 1 N–H and O–H groups in total. The Labute approximate surface area is 209 Å². The van der Waals surface area contributed by atoms with Crippen molar-refractivity contribution in [3.8, 4) is 0 Å². The van der Waals surface area contributed by atoms with Crippen LogP contribution in [0.3, 0.4) is 0 Å². The molecule has 2 unspecified atom stereocenters. The fourth-order valence-corrected chi connectivity index (χ4v) is 4.78. The number of hydrogen-bond donors (Lipinski definition) is 1. The van der Waals surface area contributed by atoms with E-state index in [9.17, 15) is 9.59 Å². The second kappa shape index (κ2) is 9.93. The van der Waals surface area contributed by atoms with E-state index in [2.05, 4.69) is 48.0 Å². The molecule has 1 aliphatic heterocycles. The Morgan fingerprint density at radius 3 is 1.92 bits per heavy atom. The Balaban J connectivity index is 1.51. The van der Waals surface area contributed by atoms with Crippen LogP contribution in [0.2, 0.25) is 0 Å². The van der Waals surface area contributed by atoms with E-state index in [4.69, 9.17) is 9.47 Å². The van der Waals surface area contributed by atoms with Crippen molar-refractivity contribution in [1.82, 2.24) is 9.55 Å². The number of hydrogen-bond acceptors (Lipinski definition) is 4. The quantitative estimate of drug-likeness (QED) is 0.308. The molecule has 1 fully saturated rings. The number of nitrogens with one attached hydrogen (secondary N) is 1. The molecule has 4 aromatic rings. The van der Waals surface area contributed by atoms with Crippen molar-refractivity contribution in [2.75, 3.05) is 6.61 Å². The monoisotopic (exact) mass is 480 g/mol. The van der Waals surface area contributed by atoms with Gasteiger partial charge >= 0.3 is 5.69 Å². The van der Waals surface area contributed by atoms with Crippen molar-refractivity contribution in [2.45, 2.75) is 31.3 Å². The highest BCUT2D eigenvalue weighted by Crippen LogP contribution is 2.42. The third kappa shape index (κ3) is 4.37. The van der Waals surface area contributed by atoms with Gasteiger partial charge in [0.2, 0.25) is 0 Å². The molecular formula is C30H28N2O4. The molecule has 0 spiro atoms. The molecule has 2 atom stereocenters. The summed E-state index contributed by atoms with van der Waals surface area (Å²) in [5.74, 6) is 0. The highest BCUT2D eigenvalue weighted by Gasteiger charge is 2.40. The molecule has 0 saturated carbocycles. The normalized spacial score (nSPS) is 17.9. The number of ether oxygens (including phenoxy) is 2. The van der Waals surface area contributed by atoms with Gasteiger partial charge in [-0.2, -0.15) is 0 Å². The largest absolute Gasteiger partial charge is 0.358 e. The molecule has 0 amide bonds. The first kappa shape index (κ1) is 23.7. The molecule has 6 heteroatoms. The van der Waals surface area contributed by atoms with Gasteiger partial charge < -0.3 is 9.47 Å². The zero-order chi connectivity index (χ0) is 25.1. The zero-order valence-electron chi connectivity index (χ0n) is 20.1. The lowest BCUT2D eigenvalue weighted by molar-refractivity contribution is -0.0715. The van der Waals surface area contributed by atoms with Crippen molar-refractivity contribution in [3.05, 3.63) is 152 Å². The first-order chi connectivity index (χ1) is 17.5. The predicted octanol–water partition coefficient (Wildman–Crippen LogP) is 4.70. The Hall–Kier alpha value is -4.00. The van der Waals surface area contributed by atoms with E-state index in [1.165, 1.54) is 10.8 Å². The molecule has 1 saturated heterocycles. The first-order valence-corrected chi connectivity index (χ1v) is 11.9. The molecule has 0 bridgehead atoms. The number of nitrogens with zero attached hydrogens (tertiary/aromatic N) is 1. The zero-order valence-corrected chi connectivity index (χ0v) is 20.1. The Morgan fingerprint density at radius 1 is 0.917 bits per heavy atom. The molecule has 6 nitrogen and oxygen atoms in total. The number of aromatic nitrogens is 2. The Bertz CT molecular complexity index is 1360. The summed E-state index contributed by atoms with van der Waals surface area (Å²) < 4.78 is 14.5. The second-order valence-corrected chi connectivity index (χ2v) is 9.01. The lowest BCUT2D eigenvalue weighted by atomic mass is 9.80. The lowest BCUT2D eigenvalue weighted by Crippen LogP contribution is -2.36. The smallest absolute Gasteiger partial charge is 0.330 e. The summed E-state index contributed by atoms with van der Waals surface area (Å²) in [6, 6.07) is 30.4. The predicted molar refractivity (Wildman–Crippen MR) is 139 cm³/mol. The summed E-state index contributed by atoms with van der Waals surface area (Å²) in [6.45, 7) is 6.09. The fraction of sp³-hybridized carbons (Fsp3) is 0.200. The highest BCUT2D eigenvalue weighted by atomic mass is 16.6. The molecular weight excluding hydrogens is 452 g/mol. The van der Waals surface area contributed by atoms with Crippen LogP contribution in [0.1, 0.15) is 34.9 Å². The minimum atomic E-state index is -0.878. The van der Waals surface area contributed by atoms with Gasteiger partial charge in [0.15, 0.2) is 0 Å². The summed E-state index contributed by atoms with van der Waals surface area (Å²) in [7, 11) is 0. The Kier molecular flexibility index (Phi) is 6.55. The number of aromatic amines is 1. The molecule has 0 radical (unpaired) electrons. The van der Waals surface area contributed by atoms with Crippen LogP contribution in [0.25, 0.3) is 0 Å². The van der Waals surface area contributed by atoms with Crippen LogP contribution in [-0.4, -0.2) is 22.3 Å². The molecule has 1 aliphatic rings. The molecule has 3 aromatic carbocycles. The van der Waals surface area contributed by atoms with E-state index in [0.717, 1.165) is 22.3 Å². The van der Waals surface area contributed by atoms with Gasteiger partial charge in [-0.25, -0.2) is 4.79 Å². The van der Waals surface area contributed by atoms with Gasteiger partial charge in [0.05, 0.1) is 6.61 Å². The maximum absolute atomic E-state index is 12.4. The van der Waals surface area contributed by atoms with Gasteiger partial charge in [-0.05, 0) is 29.2 Å². The van der Waals surface area contributed by atoms with Crippen LogP contribution in [0.4, 0.5) is 0 Å². The van der Waals surface area contributed by atoms with Crippen LogP contribution in [0.15, 0.2) is 119 Å². The average Bonchev–Trinajstić information content (AvgIpc) is 3.28. The standard InChI is InChI=1S/C30H28N2O4/c1-21-18-27(32-19-22(2)28(33)31-29(32)34)36-26(21)20-35-30(23-12-6-3-7-13-23,24-14-8-4-9-15-24)25-16-10-5-11-17-25/h3-17,19,26-27H,1,18,20H2,2H3,(H,31,33,34). The first-order valence-electron chi connectivity index (χ1n) is 11.9. The summed E-state index contributed by atoms with van der Waals surface area (Å²) in [5, 5.41) is 0. The third-order valence-corrected chi connectivity index (χ3v) is 6.66. The number of benzene rings is 3. The minimum absolute atomic E-state index is 0.227. The van der Waals surface area contributed by atoms with Crippen LogP contribution in [0, 0.1) is 6.92 Å². The molecule has 182 valence electrons. The Morgan fingerprint density at radius 2 is 1.42 bits per heavy atom. The van der Waals surface area contributed by atoms with E-state index >= 15 is 0 Å². The van der Waals surface area contributed by atoms with E-state index < -0.39 is 29.2 Å². The van der Waals surface area contributed by atoms with Crippen molar-refractivity contribution >= 4 is 0 Å². The number of aryl methyl sites for hydroxylation is 1. The number of rotatable bonds is 7. The van der Waals surface area contributed by atoms with Gasteiger partial charge in [0, 0.05) is 18.2 Å². The SMILES string of the molecule is C=C1CC(n2cc(C)c(=O)[nH]c2=O)OC1COC(c1ccccc1)(c1ccccc1)c1ccccc1. The summed E-state index contributed by atoms with van der Waals surface area (Å²) in [4.78, 5) is 26.6. The van der Waals surface area contributed by atoms with Crippen molar-refractivity contribution in [1.29, 1.82) is 0 Å². The van der Waals surface area contributed by atoms with E-state index in [0.29, 0.717) is 12.0 Å². The van der Waals surface area contributed by atoms with Crippen LogP contribution in [-0.2, 0) is 15.1 Å². The molecule has 2 heterocycles. The average molecular weight is 481 g/mol. The molecule has 36 heavy (non-hydrogen) atoms. The summed E-state index contributed by atoms with van der Waals surface area (Å²) >= 11 is 0. The highest BCUT2D eigenvalue weighted by molar-refractivity contribution is 5.47. The maximum Gasteiger partial charge on any atom is 0.330 e. The lowest BCUT2D eigenvalue weighted by Gasteiger charge is -2.36. The van der Waals surface area contributed by atoms with E-state index in [1.54, 1.807) is 6.92 Å². The summed E-state index contributed by atoms with van der Waals surface area (Å²) in [6.07, 6.45) is 0.997. The summed E-state index contributed by atoms with van der Waals surface area (Å²) in [5.41, 5.74) is 2.49. The van der Waals surface area contributed by atoms with Gasteiger partial charge in [0.1, 0.15) is 17.9 Å². The van der Waals surface area contributed by atoms with Crippen molar-refractivity contribution in [3.63, 3.8) is 0 Å². The third-order valence-electron chi connectivity index (χ3n) is 6.66. The topological polar surface area (TPSA) is 73.3 Å². The molecule has 5 rings (SSSR count). The van der Waals surface area contributed by atoms with Gasteiger partial charge in [0.25, 0.3) is 5.56 Å². The van der Waals surface area contributed by atoms with Crippen LogP contribution < -0.4 is 11.2 Å². The van der Waals surface area contributed by atoms with Gasteiger partial charge in [-0.1, -0.05) is 97.6 Å². The van der Waals surface area contributed by atoms with Crippen molar-refractivity contribution < 1.29 is 9.47 Å². The number of H-pyrrole nitrogens is 1. The van der Waals surface area contributed by atoms with Crippen LogP contribution >= 0.6 is 0 Å². The second-order valence-electron chi connectivity index (χ2n) is 9.01. The van der Waals surface area contributed by atoms with Crippen LogP contribution in [0.5, 0.6) is 0 Å². The maximum atomic E-state index is 12.4. The van der Waals surface area contributed by atoms with Gasteiger partial charge in [-0.15, -0.1) is 0 Å². The van der Waals surface area contributed by atoms with E-state index in [1.807, 2.05) is 54.6 Å². The molecule has 0 aliphatic carbocycles.